The third kappa shape index (κ3) is 4.10. The molecule has 0 aliphatic rings. The van der Waals surface area contributed by atoms with Gasteiger partial charge in [-0.3, -0.25) is 4.72 Å². The summed E-state index contributed by atoms with van der Waals surface area (Å²) in [4.78, 5) is -0.684. The number of anilines is 1. The summed E-state index contributed by atoms with van der Waals surface area (Å²) in [5.74, 6) is -1.44. The van der Waals surface area contributed by atoms with Gasteiger partial charge in [0.05, 0.1) is 0 Å². The Morgan fingerprint density at radius 2 is 1.55 bits per heavy atom. The van der Waals surface area contributed by atoms with E-state index in [1.54, 1.807) is 0 Å². The number of hydrogen-bond acceptors (Lipinski definition) is 3. The van der Waals surface area contributed by atoms with E-state index in [1.807, 2.05) is 4.72 Å². The Labute approximate surface area is 123 Å². The minimum absolute atomic E-state index is 0.00297. The van der Waals surface area contributed by atoms with Crippen molar-refractivity contribution in [2.45, 2.75) is 11.3 Å². The topological polar surface area (TPSA) is 55.4 Å². The molecular weight excluding hydrogens is 326 g/mol. The predicted octanol–water partition coefficient (Wildman–Crippen LogP) is 3.53. The van der Waals surface area contributed by atoms with E-state index in [0.717, 1.165) is 36.4 Å². The fourth-order valence-electron chi connectivity index (χ4n) is 1.61. The highest BCUT2D eigenvalue weighted by Gasteiger charge is 2.34. The van der Waals surface area contributed by atoms with Crippen LogP contribution in [0.2, 0.25) is 0 Å². The van der Waals surface area contributed by atoms with Crippen LogP contribution in [-0.2, 0) is 10.0 Å². The molecule has 2 rings (SSSR count). The Balaban J connectivity index is 2.35. The number of nitrogens with one attached hydrogen (secondary N) is 1. The number of ether oxygens (including phenoxy) is 1. The molecule has 1 N–H and O–H groups in total. The van der Waals surface area contributed by atoms with Crippen molar-refractivity contribution in [1.29, 1.82) is 0 Å². The van der Waals surface area contributed by atoms with E-state index in [-0.39, 0.29) is 5.69 Å². The Kier molecular flexibility index (Phi) is 4.27. The molecule has 2 aromatic carbocycles. The minimum atomic E-state index is -5.03. The van der Waals surface area contributed by atoms with Crippen molar-refractivity contribution in [3.63, 3.8) is 0 Å². The number of benzene rings is 2. The standard InChI is InChI=1S/C13H9F4NO3S/c14-9-5-7-10(8-6-9)18-22(19,20)12-4-2-1-3-11(12)21-13(15,16)17/h1-8,18H. The number of rotatable bonds is 4. The lowest BCUT2D eigenvalue weighted by atomic mass is 10.3. The fourth-order valence-corrected chi connectivity index (χ4v) is 2.80. The normalized spacial score (nSPS) is 12.0. The molecular formula is C13H9F4NO3S. The molecule has 0 heterocycles. The zero-order valence-corrected chi connectivity index (χ0v) is 11.6. The van der Waals surface area contributed by atoms with Gasteiger partial charge in [-0.15, -0.1) is 13.2 Å². The van der Waals surface area contributed by atoms with Crippen molar-refractivity contribution >= 4 is 15.7 Å². The largest absolute Gasteiger partial charge is 0.573 e. The van der Waals surface area contributed by atoms with E-state index in [0.29, 0.717) is 0 Å². The van der Waals surface area contributed by atoms with Crippen molar-refractivity contribution in [2.75, 3.05) is 4.72 Å². The maximum absolute atomic E-state index is 12.8. The zero-order valence-electron chi connectivity index (χ0n) is 10.8. The van der Waals surface area contributed by atoms with Gasteiger partial charge in [-0.05, 0) is 36.4 Å². The van der Waals surface area contributed by atoms with Gasteiger partial charge in [-0.25, -0.2) is 12.8 Å². The highest BCUT2D eigenvalue weighted by Crippen LogP contribution is 2.30. The van der Waals surface area contributed by atoms with Crippen LogP contribution < -0.4 is 9.46 Å². The number of hydrogen-bond donors (Lipinski definition) is 1. The average Bonchev–Trinajstić information content (AvgIpc) is 2.40. The van der Waals surface area contributed by atoms with Crippen molar-refractivity contribution in [2.24, 2.45) is 0 Å². The van der Waals surface area contributed by atoms with Crippen LogP contribution in [0.25, 0.3) is 0 Å². The van der Waals surface area contributed by atoms with Gasteiger partial charge in [0.25, 0.3) is 10.0 Å². The second-order valence-electron chi connectivity index (χ2n) is 4.11. The molecule has 0 aliphatic carbocycles. The molecule has 0 aliphatic heterocycles. The van der Waals surface area contributed by atoms with Gasteiger partial charge in [-0.2, -0.15) is 0 Å². The van der Waals surface area contributed by atoms with Gasteiger partial charge >= 0.3 is 6.36 Å². The molecule has 9 heteroatoms. The van der Waals surface area contributed by atoms with Crippen molar-refractivity contribution < 1.29 is 30.7 Å². The second-order valence-corrected chi connectivity index (χ2v) is 5.76. The molecule has 0 atom stereocenters. The van der Waals surface area contributed by atoms with Crippen LogP contribution in [0.3, 0.4) is 0 Å². The van der Waals surface area contributed by atoms with Crippen LogP contribution in [0.4, 0.5) is 23.2 Å². The molecule has 0 aromatic heterocycles. The average molecular weight is 335 g/mol. The van der Waals surface area contributed by atoms with E-state index in [1.165, 1.54) is 12.1 Å². The molecule has 2 aromatic rings. The summed E-state index contributed by atoms with van der Waals surface area (Å²) in [5.41, 5.74) is 0.00297. The van der Waals surface area contributed by atoms with Crippen molar-refractivity contribution in [1.82, 2.24) is 0 Å². The summed E-state index contributed by atoms with van der Waals surface area (Å²) in [6.07, 6.45) is -5.03. The summed E-state index contributed by atoms with van der Waals surface area (Å²) < 4.78 is 79.7. The minimum Gasteiger partial charge on any atom is -0.404 e. The van der Waals surface area contributed by atoms with Crippen LogP contribution in [0.1, 0.15) is 0 Å². The molecule has 118 valence electrons. The maximum Gasteiger partial charge on any atom is 0.573 e. The smallest absolute Gasteiger partial charge is 0.404 e. The molecule has 0 fully saturated rings. The SMILES string of the molecule is O=S(=O)(Nc1ccc(F)cc1)c1ccccc1OC(F)(F)F. The molecule has 0 spiro atoms. The summed E-state index contributed by atoms with van der Waals surface area (Å²) in [5, 5.41) is 0. The Hall–Kier alpha value is -2.29. The van der Waals surface area contributed by atoms with Gasteiger partial charge < -0.3 is 4.74 Å². The van der Waals surface area contributed by atoms with E-state index in [9.17, 15) is 26.0 Å². The van der Waals surface area contributed by atoms with E-state index in [2.05, 4.69) is 4.74 Å². The number of sulfonamides is 1. The highest BCUT2D eigenvalue weighted by atomic mass is 32.2. The van der Waals surface area contributed by atoms with Crippen LogP contribution in [0.5, 0.6) is 5.75 Å². The molecule has 4 nitrogen and oxygen atoms in total. The molecule has 0 bridgehead atoms. The summed E-state index contributed by atoms with van der Waals surface area (Å²) >= 11 is 0. The lowest BCUT2D eigenvalue weighted by molar-refractivity contribution is -0.275. The lowest BCUT2D eigenvalue weighted by Crippen LogP contribution is -2.20. The van der Waals surface area contributed by atoms with Crippen LogP contribution in [0.15, 0.2) is 53.4 Å². The van der Waals surface area contributed by atoms with Crippen molar-refractivity contribution in [3.05, 3.63) is 54.3 Å². The molecule has 0 saturated carbocycles. The summed E-state index contributed by atoms with van der Waals surface area (Å²) in [6.45, 7) is 0. The first-order valence-corrected chi connectivity index (χ1v) is 7.29. The molecule has 22 heavy (non-hydrogen) atoms. The number of halogens is 4. The van der Waals surface area contributed by atoms with Gasteiger partial charge in [0.2, 0.25) is 0 Å². The first kappa shape index (κ1) is 16.1. The van der Waals surface area contributed by atoms with Crippen molar-refractivity contribution in [3.8, 4) is 5.75 Å². The first-order chi connectivity index (χ1) is 10.2. The van der Waals surface area contributed by atoms with Crippen LogP contribution in [0, 0.1) is 5.82 Å². The highest BCUT2D eigenvalue weighted by molar-refractivity contribution is 7.92. The summed E-state index contributed by atoms with van der Waals surface area (Å²) in [7, 11) is -4.33. The van der Waals surface area contributed by atoms with E-state index < -0.39 is 32.8 Å². The first-order valence-electron chi connectivity index (χ1n) is 5.80. The summed E-state index contributed by atoms with van der Waals surface area (Å²) in [6, 6.07) is 8.60. The van der Waals surface area contributed by atoms with Gasteiger partial charge in [0.1, 0.15) is 16.5 Å². The predicted molar refractivity (Wildman–Crippen MR) is 70.3 cm³/mol. The zero-order chi connectivity index (χ0) is 16.4. The van der Waals surface area contributed by atoms with Gasteiger partial charge in [0, 0.05) is 5.69 Å². The van der Waals surface area contributed by atoms with Gasteiger partial charge in [-0.1, -0.05) is 12.1 Å². The molecule has 0 unspecified atom stereocenters. The Morgan fingerprint density at radius 3 is 2.14 bits per heavy atom. The molecule has 0 saturated heterocycles. The fraction of sp³-hybridized carbons (Fsp3) is 0.0769. The Morgan fingerprint density at radius 1 is 0.955 bits per heavy atom. The van der Waals surface area contributed by atoms with E-state index in [4.69, 9.17) is 0 Å². The van der Waals surface area contributed by atoms with Crippen LogP contribution >= 0.6 is 0 Å². The molecule has 0 radical (unpaired) electrons. The maximum atomic E-state index is 12.8. The second kappa shape index (κ2) is 5.84. The monoisotopic (exact) mass is 335 g/mol. The number of para-hydroxylation sites is 1. The number of alkyl halides is 3. The van der Waals surface area contributed by atoms with E-state index >= 15 is 0 Å². The van der Waals surface area contributed by atoms with Crippen LogP contribution in [-0.4, -0.2) is 14.8 Å². The van der Waals surface area contributed by atoms with Gasteiger partial charge in [0.15, 0.2) is 0 Å². The third-order valence-electron chi connectivity index (χ3n) is 2.46. The molecule has 0 amide bonds. The quantitative estimate of drug-likeness (QED) is 0.870. The Bertz CT molecular complexity index is 758. The lowest BCUT2D eigenvalue weighted by Gasteiger charge is -2.14. The third-order valence-corrected chi connectivity index (χ3v) is 3.88.